The minimum Gasteiger partial charge on any atom is -0.338 e. The van der Waals surface area contributed by atoms with Crippen LogP contribution < -0.4 is 10.6 Å². The number of aromatic nitrogens is 3. The number of hydrogen-bond donors (Lipinski definition) is 2. The van der Waals surface area contributed by atoms with E-state index < -0.39 is 0 Å². The van der Waals surface area contributed by atoms with Crippen molar-refractivity contribution in [3.8, 4) is 0 Å². The maximum atomic E-state index is 11.8. The number of carbonyl (C=O) groups excluding carboxylic acids is 1. The zero-order valence-corrected chi connectivity index (χ0v) is 13.0. The van der Waals surface area contributed by atoms with Gasteiger partial charge in [-0.15, -0.1) is 11.8 Å². The number of nitrogens with one attached hydrogen (secondary N) is 2. The number of nitrogens with zero attached hydrogens (tertiary/aromatic N) is 3. The molecular weight excluding hydrogens is 286 g/mol. The van der Waals surface area contributed by atoms with Crippen molar-refractivity contribution in [2.75, 3.05) is 18.1 Å². The third-order valence-corrected chi connectivity index (χ3v) is 3.53. The van der Waals surface area contributed by atoms with Gasteiger partial charge < -0.3 is 10.6 Å². The topological polar surface area (TPSA) is 71.8 Å². The summed E-state index contributed by atoms with van der Waals surface area (Å²) in [5.41, 5.74) is 1.93. The smallest absolute Gasteiger partial charge is 0.319 e. The highest BCUT2D eigenvalue weighted by atomic mass is 32.2. The molecule has 0 bridgehead atoms. The van der Waals surface area contributed by atoms with E-state index in [9.17, 15) is 4.79 Å². The molecule has 21 heavy (non-hydrogen) atoms. The SMILES string of the molecule is CSc1cc(NC(=O)NCCCc2cnn(C)c2)ccn1. The van der Waals surface area contributed by atoms with E-state index in [4.69, 9.17) is 0 Å². The Morgan fingerprint density at radius 3 is 3.05 bits per heavy atom. The van der Waals surface area contributed by atoms with E-state index in [0.717, 1.165) is 23.6 Å². The molecule has 7 heteroatoms. The van der Waals surface area contributed by atoms with Gasteiger partial charge in [-0.25, -0.2) is 9.78 Å². The maximum absolute atomic E-state index is 11.8. The Kier molecular flexibility index (Phi) is 5.62. The van der Waals surface area contributed by atoms with Crippen molar-refractivity contribution in [1.29, 1.82) is 0 Å². The number of aryl methyl sites for hydroxylation is 2. The van der Waals surface area contributed by atoms with E-state index in [1.807, 2.05) is 31.8 Å². The van der Waals surface area contributed by atoms with Crippen LogP contribution in [-0.2, 0) is 13.5 Å². The molecule has 0 saturated carbocycles. The number of hydrogen-bond acceptors (Lipinski definition) is 4. The fourth-order valence-electron chi connectivity index (χ4n) is 1.87. The molecule has 2 aromatic heterocycles. The summed E-state index contributed by atoms with van der Waals surface area (Å²) in [5.74, 6) is 0. The molecule has 0 unspecified atom stereocenters. The molecule has 2 heterocycles. The number of urea groups is 1. The normalized spacial score (nSPS) is 10.4. The summed E-state index contributed by atoms with van der Waals surface area (Å²) in [6, 6.07) is 3.42. The lowest BCUT2D eigenvalue weighted by atomic mass is 10.2. The number of anilines is 1. The van der Waals surface area contributed by atoms with Crippen LogP contribution in [0.2, 0.25) is 0 Å². The second-order valence-electron chi connectivity index (χ2n) is 4.59. The van der Waals surface area contributed by atoms with Gasteiger partial charge in [0.15, 0.2) is 0 Å². The van der Waals surface area contributed by atoms with E-state index in [1.54, 1.807) is 28.7 Å². The molecule has 112 valence electrons. The molecule has 0 spiro atoms. The van der Waals surface area contributed by atoms with E-state index in [-0.39, 0.29) is 6.03 Å². The number of pyridine rings is 1. The van der Waals surface area contributed by atoms with Crippen LogP contribution >= 0.6 is 11.8 Å². The molecule has 2 N–H and O–H groups in total. The molecule has 0 aromatic carbocycles. The second kappa shape index (κ2) is 7.68. The number of thioether (sulfide) groups is 1. The molecule has 0 radical (unpaired) electrons. The molecule has 0 aliphatic heterocycles. The van der Waals surface area contributed by atoms with Crippen molar-refractivity contribution in [3.05, 3.63) is 36.3 Å². The van der Waals surface area contributed by atoms with Crippen LogP contribution in [0.5, 0.6) is 0 Å². The predicted octanol–water partition coefficient (Wildman–Crippen LogP) is 2.29. The van der Waals surface area contributed by atoms with Gasteiger partial charge in [0.2, 0.25) is 0 Å². The van der Waals surface area contributed by atoms with Crippen LogP contribution in [0.3, 0.4) is 0 Å². The molecule has 6 nitrogen and oxygen atoms in total. The second-order valence-corrected chi connectivity index (χ2v) is 5.42. The van der Waals surface area contributed by atoms with Crippen molar-refractivity contribution in [3.63, 3.8) is 0 Å². The third kappa shape index (κ3) is 5.11. The van der Waals surface area contributed by atoms with Crippen molar-refractivity contribution in [2.24, 2.45) is 7.05 Å². The summed E-state index contributed by atoms with van der Waals surface area (Å²) < 4.78 is 1.78. The highest BCUT2D eigenvalue weighted by molar-refractivity contribution is 7.98. The minimum absolute atomic E-state index is 0.195. The Labute approximate surface area is 128 Å². The van der Waals surface area contributed by atoms with Crippen molar-refractivity contribution in [1.82, 2.24) is 20.1 Å². The fourth-order valence-corrected chi connectivity index (χ4v) is 2.28. The Hall–Kier alpha value is -2.02. The van der Waals surface area contributed by atoms with Gasteiger partial charge in [0.1, 0.15) is 0 Å². The Morgan fingerprint density at radius 1 is 1.48 bits per heavy atom. The molecule has 0 fully saturated rings. The van der Waals surface area contributed by atoms with E-state index in [2.05, 4.69) is 20.7 Å². The fraction of sp³-hybridized carbons (Fsp3) is 0.357. The van der Waals surface area contributed by atoms with Crippen molar-refractivity contribution >= 4 is 23.5 Å². The standard InChI is InChI=1S/C14H19N5OS/c1-19-10-11(9-17-19)4-3-6-16-14(20)18-12-5-7-15-13(8-12)21-2/h5,7-10H,3-4,6H2,1-2H3,(H2,15,16,18,20). The van der Waals surface area contributed by atoms with E-state index >= 15 is 0 Å². The maximum Gasteiger partial charge on any atom is 0.319 e. The zero-order chi connectivity index (χ0) is 15.1. The first-order valence-corrected chi connectivity index (χ1v) is 7.92. The van der Waals surface area contributed by atoms with Gasteiger partial charge in [-0.3, -0.25) is 4.68 Å². The summed E-state index contributed by atoms with van der Waals surface area (Å²) in [5, 5.41) is 10.6. The highest BCUT2D eigenvalue weighted by Crippen LogP contribution is 2.15. The van der Waals surface area contributed by atoms with Crippen molar-refractivity contribution < 1.29 is 4.79 Å². The van der Waals surface area contributed by atoms with Crippen LogP contribution in [0.15, 0.2) is 35.7 Å². The number of rotatable bonds is 6. The molecule has 2 amide bonds. The summed E-state index contributed by atoms with van der Waals surface area (Å²) >= 11 is 1.54. The summed E-state index contributed by atoms with van der Waals surface area (Å²) in [7, 11) is 1.90. The van der Waals surface area contributed by atoms with Gasteiger partial charge in [0.25, 0.3) is 0 Å². The van der Waals surface area contributed by atoms with Crippen LogP contribution in [-0.4, -0.2) is 33.6 Å². The largest absolute Gasteiger partial charge is 0.338 e. The third-order valence-electron chi connectivity index (χ3n) is 2.89. The Bertz CT molecular complexity index is 599. The molecule has 0 aliphatic rings. The van der Waals surface area contributed by atoms with Crippen LogP contribution in [0.4, 0.5) is 10.5 Å². The van der Waals surface area contributed by atoms with Crippen molar-refractivity contribution in [2.45, 2.75) is 17.9 Å². The number of amides is 2. The average molecular weight is 305 g/mol. The Balaban J connectivity index is 1.69. The lowest BCUT2D eigenvalue weighted by Crippen LogP contribution is -2.29. The van der Waals surface area contributed by atoms with Crippen LogP contribution in [0.1, 0.15) is 12.0 Å². The van der Waals surface area contributed by atoms with Gasteiger partial charge in [-0.05, 0) is 36.8 Å². The first-order valence-electron chi connectivity index (χ1n) is 6.70. The average Bonchev–Trinajstić information content (AvgIpc) is 2.89. The van der Waals surface area contributed by atoms with Gasteiger partial charge in [0, 0.05) is 31.7 Å². The van der Waals surface area contributed by atoms with Gasteiger partial charge in [-0.2, -0.15) is 5.10 Å². The molecule has 2 aromatic rings. The molecule has 2 rings (SSSR count). The van der Waals surface area contributed by atoms with Crippen LogP contribution in [0, 0.1) is 0 Å². The van der Waals surface area contributed by atoms with E-state index in [0.29, 0.717) is 6.54 Å². The molecule has 0 saturated heterocycles. The Morgan fingerprint density at radius 2 is 2.33 bits per heavy atom. The lowest BCUT2D eigenvalue weighted by Gasteiger charge is -2.07. The quantitative estimate of drug-likeness (QED) is 0.634. The van der Waals surface area contributed by atoms with E-state index in [1.165, 1.54) is 5.56 Å². The summed E-state index contributed by atoms with van der Waals surface area (Å²) in [4.78, 5) is 15.9. The summed E-state index contributed by atoms with van der Waals surface area (Å²) in [6.45, 7) is 0.626. The van der Waals surface area contributed by atoms with Gasteiger partial charge in [-0.1, -0.05) is 0 Å². The number of carbonyl (C=O) groups is 1. The zero-order valence-electron chi connectivity index (χ0n) is 12.2. The van der Waals surface area contributed by atoms with Crippen LogP contribution in [0.25, 0.3) is 0 Å². The first-order chi connectivity index (χ1) is 10.2. The minimum atomic E-state index is -0.195. The first kappa shape index (κ1) is 15.4. The molecule has 0 atom stereocenters. The molecule has 0 aliphatic carbocycles. The lowest BCUT2D eigenvalue weighted by molar-refractivity contribution is 0.252. The highest BCUT2D eigenvalue weighted by Gasteiger charge is 2.03. The van der Waals surface area contributed by atoms with Gasteiger partial charge in [0.05, 0.1) is 11.2 Å². The molecular formula is C14H19N5OS. The summed E-state index contributed by atoms with van der Waals surface area (Å²) in [6.07, 6.45) is 9.25. The monoisotopic (exact) mass is 305 g/mol. The predicted molar refractivity (Wildman–Crippen MR) is 84.6 cm³/mol. The van der Waals surface area contributed by atoms with Gasteiger partial charge >= 0.3 is 6.03 Å².